The van der Waals surface area contributed by atoms with Crippen LogP contribution in [0.1, 0.15) is 58.3 Å². The molecule has 92 valence electrons. The van der Waals surface area contributed by atoms with Gasteiger partial charge in [0.1, 0.15) is 0 Å². The molecule has 1 fully saturated rings. The second-order valence-corrected chi connectivity index (χ2v) is 4.81. The Bertz CT molecular complexity index is 223. The van der Waals surface area contributed by atoms with Crippen LogP contribution in [0.4, 0.5) is 0 Å². The molecule has 2 atom stereocenters. The normalized spacial score (nSPS) is 24.4. The molecular weight excluding hydrogens is 200 g/mol. The van der Waals surface area contributed by atoms with Crippen molar-refractivity contribution >= 4 is 5.97 Å². The molecule has 2 nitrogen and oxygen atoms in total. The number of hydrogen-bond acceptors (Lipinski definition) is 2. The van der Waals surface area contributed by atoms with E-state index < -0.39 is 0 Å². The van der Waals surface area contributed by atoms with E-state index in [1.165, 1.54) is 32.1 Å². The summed E-state index contributed by atoms with van der Waals surface area (Å²) < 4.78 is 5.13. The van der Waals surface area contributed by atoms with Crippen LogP contribution in [0.3, 0.4) is 0 Å². The van der Waals surface area contributed by atoms with E-state index in [2.05, 4.69) is 6.58 Å². The van der Waals surface area contributed by atoms with Crippen LogP contribution in [0, 0.1) is 5.92 Å². The minimum atomic E-state index is 0.0270. The number of esters is 1. The van der Waals surface area contributed by atoms with E-state index in [4.69, 9.17) is 4.74 Å². The van der Waals surface area contributed by atoms with Crippen molar-refractivity contribution in [3.63, 3.8) is 0 Å². The molecule has 1 aliphatic rings. The Balaban J connectivity index is 1.95. The van der Waals surface area contributed by atoms with Crippen LogP contribution in [0.25, 0.3) is 0 Å². The number of cyclic esters (lactones) is 1. The van der Waals surface area contributed by atoms with Crippen LogP contribution in [0.15, 0.2) is 12.7 Å². The Hall–Kier alpha value is -0.790. The molecule has 0 saturated carbocycles. The molecule has 0 radical (unpaired) electrons. The summed E-state index contributed by atoms with van der Waals surface area (Å²) in [5.74, 6) is 0.210. The Kier molecular flexibility index (Phi) is 6.20. The van der Waals surface area contributed by atoms with E-state index in [9.17, 15) is 4.79 Å². The van der Waals surface area contributed by atoms with Gasteiger partial charge in [-0.3, -0.25) is 4.79 Å². The number of rotatable bonds is 8. The quantitative estimate of drug-likeness (QED) is 0.355. The van der Waals surface area contributed by atoms with Crippen molar-refractivity contribution in [3.05, 3.63) is 12.7 Å². The third-order valence-corrected chi connectivity index (χ3v) is 3.23. The van der Waals surface area contributed by atoms with Gasteiger partial charge in [0, 0.05) is 0 Å². The van der Waals surface area contributed by atoms with Crippen LogP contribution in [-0.2, 0) is 9.53 Å². The first-order valence-corrected chi connectivity index (χ1v) is 6.55. The molecule has 0 amide bonds. The van der Waals surface area contributed by atoms with Gasteiger partial charge >= 0.3 is 5.97 Å². The van der Waals surface area contributed by atoms with Gasteiger partial charge in [0.25, 0.3) is 0 Å². The average molecular weight is 224 g/mol. The van der Waals surface area contributed by atoms with Crippen LogP contribution in [-0.4, -0.2) is 12.1 Å². The molecule has 0 spiro atoms. The van der Waals surface area contributed by atoms with E-state index in [1.54, 1.807) is 0 Å². The van der Waals surface area contributed by atoms with Gasteiger partial charge in [-0.05, 0) is 32.6 Å². The van der Waals surface area contributed by atoms with Crippen LogP contribution >= 0.6 is 0 Å². The highest BCUT2D eigenvalue weighted by Gasteiger charge is 2.30. The Morgan fingerprint density at radius 3 is 2.62 bits per heavy atom. The topological polar surface area (TPSA) is 26.3 Å². The lowest BCUT2D eigenvalue weighted by Gasteiger charge is -2.04. The zero-order valence-electron chi connectivity index (χ0n) is 10.4. The van der Waals surface area contributed by atoms with Crippen LogP contribution in [0.5, 0.6) is 0 Å². The Labute approximate surface area is 99.1 Å². The van der Waals surface area contributed by atoms with E-state index >= 15 is 0 Å². The maximum atomic E-state index is 11.4. The van der Waals surface area contributed by atoms with Crippen LogP contribution < -0.4 is 0 Å². The SMILES string of the molecule is C=CCCCCCCCC1CC(C)OC1=O. The first kappa shape index (κ1) is 13.3. The smallest absolute Gasteiger partial charge is 0.309 e. The van der Waals surface area contributed by atoms with E-state index in [0.29, 0.717) is 0 Å². The van der Waals surface area contributed by atoms with Gasteiger partial charge in [-0.2, -0.15) is 0 Å². The number of allylic oxidation sites excluding steroid dienone is 1. The molecular formula is C14H24O2. The lowest BCUT2D eigenvalue weighted by molar-refractivity contribution is -0.143. The predicted octanol–water partition coefficient (Wildman–Crippen LogP) is 3.85. The number of carbonyl (C=O) groups is 1. The minimum absolute atomic E-state index is 0.0270. The van der Waals surface area contributed by atoms with Gasteiger partial charge in [-0.25, -0.2) is 0 Å². The molecule has 0 N–H and O–H groups in total. The van der Waals surface area contributed by atoms with E-state index in [0.717, 1.165) is 19.3 Å². The maximum absolute atomic E-state index is 11.4. The summed E-state index contributed by atoms with van der Waals surface area (Å²) in [7, 11) is 0. The van der Waals surface area contributed by atoms with Gasteiger partial charge in [0.15, 0.2) is 0 Å². The van der Waals surface area contributed by atoms with Crippen molar-refractivity contribution in [2.24, 2.45) is 5.92 Å². The largest absolute Gasteiger partial charge is 0.462 e. The molecule has 0 aromatic rings. The fourth-order valence-electron chi connectivity index (χ4n) is 2.28. The Morgan fingerprint density at radius 1 is 1.31 bits per heavy atom. The lowest BCUT2D eigenvalue weighted by Crippen LogP contribution is -2.07. The number of unbranched alkanes of at least 4 members (excludes halogenated alkanes) is 5. The summed E-state index contributed by atoms with van der Waals surface area (Å²) in [5.41, 5.74) is 0. The van der Waals surface area contributed by atoms with Gasteiger partial charge in [0.05, 0.1) is 12.0 Å². The van der Waals surface area contributed by atoms with Gasteiger partial charge in [-0.1, -0.05) is 31.8 Å². The molecule has 0 aliphatic carbocycles. The molecule has 0 aromatic heterocycles. The third-order valence-electron chi connectivity index (χ3n) is 3.23. The third kappa shape index (κ3) is 4.82. The summed E-state index contributed by atoms with van der Waals surface area (Å²) >= 11 is 0. The predicted molar refractivity (Wildman–Crippen MR) is 66.2 cm³/mol. The number of carbonyl (C=O) groups excluding carboxylic acids is 1. The first-order chi connectivity index (χ1) is 7.74. The van der Waals surface area contributed by atoms with Crippen molar-refractivity contribution in [1.29, 1.82) is 0 Å². The fourth-order valence-corrected chi connectivity index (χ4v) is 2.28. The Morgan fingerprint density at radius 2 is 2.00 bits per heavy atom. The molecule has 0 bridgehead atoms. The number of ether oxygens (including phenoxy) is 1. The standard InChI is InChI=1S/C14H24O2/c1-3-4-5-6-7-8-9-10-13-11-12(2)16-14(13)15/h3,12-13H,1,4-11H2,2H3. The monoisotopic (exact) mass is 224 g/mol. The van der Waals surface area contributed by atoms with Gasteiger partial charge < -0.3 is 4.74 Å². The van der Waals surface area contributed by atoms with E-state index in [1.807, 2.05) is 13.0 Å². The molecule has 1 aliphatic heterocycles. The fraction of sp³-hybridized carbons (Fsp3) is 0.786. The second-order valence-electron chi connectivity index (χ2n) is 4.81. The van der Waals surface area contributed by atoms with Crippen molar-refractivity contribution in [3.8, 4) is 0 Å². The average Bonchev–Trinajstić information content (AvgIpc) is 2.56. The van der Waals surface area contributed by atoms with Gasteiger partial charge in [-0.15, -0.1) is 6.58 Å². The summed E-state index contributed by atoms with van der Waals surface area (Å²) in [6.07, 6.45) is 11.4. The molecule has 2 unspecified atom stereocenters. The molecule has 0 aromatic carbocycles. The molecule has 2 heteroatoms. The molecule has 1 saturated heterocycles. The summed E-state index contributed by atoms with van der Waals surface area (Å²) in [6, 6.07) is 0. The van der Waals surface area contributed by atoms with E-state index in [-0.39, 0.29) is 18.0 Å². The van der Waals surface area contributed by atoms with Crippen molar-refractivity contribution in [2.45, 2.75) is 64.4 Å². The van der Waals surface area contributed by atoms with Gasteiger partial charge in [0.2, 0.25) is 0 Å². The van der Waals surface area contributed by atoms with Crippen molar-refractivity contribution in [1.82, 2.24) is 0 Å². The van der Waals surface area contributed by atoms with Crippen molar-refractivity contribution in [2.75, 3.05) is 0 Å². The minimum Gasteiger partial charge on any atom is -0.462 e. The van der Waals surface area contributed by atoms with Crippen LogP contribution in [0.2, 0.25) is 0 Å². The van der Waals surface area contributed by atoms with Crippen molar-refractivity contribution < 1.29 is 9.53 Å². The summed E-state index contributed by atoms with van der Waals surface area (Å²) in [6.45, 7) is 5.69. The second kappa shape index (κ2) is 7.48. The molecule has 1 heterocycles. The summed E-state index contributed by atoms with van der Waals surface area (Å²) in [5, 5.41) is 0. The summed E-state index contributed by atoms with van der Waals surface area (Å²) in [4.78, 5) is 11.4. The maximum Gasteiger partial charge on any atom is 0.309 e. The number of hydrogen-bond donors (Lipinski definition) is 0. The highest BCUT2D eigenvalue weighted by Crippen LogP contribution is 2.25. The lowest BCUT2D eigenvalue weighted by atomic mass is 9.97. The highest BCUT2D eigenvalue weighted by atomic mass is 16.5. The first-order valence-electron chi connectivity index (χ1n) is 6.55. The molecule has 1 rings (SSSR count). The highest BCUT2D eigenvalue weighted by molar-refractivity contribution is 5.74. The zero-order chi connectivity index (χ0) is 11.8. The molecule has 16 heavy (non-hydrogen) atoms. The zero-order valence-corrected chi connectivity index (χ0v) is 10.4.